The molecule has 3 N–H and O–H groups in total. The summed E-state index contributed by atoms with van der Waals surface area (Å²) < 4.78 is 13.7. The van der Waals surface area contributed by atoms with Gasteiger partial charge in [0.1, 0.15) is 11.9 Å². The van der Waals surface area contributed by atoms with Gasteiger partial charge in [-0.15, -0.1) is 0 Å². The van der Waals surface area contributed by atoms with Gasteiger partial charge in [-0.25, -0.2) is 4.39 Å². The maximum Gasteiger partial charge on any atom is 0.245 e. The van der Waals surface area contributed by atoms with Crippen LogP contribution in [0.3, 0.4) is 0 Å². The lowest BCUT2D eigenvalue weighted by atomic mass is 9.63. The summed E-state index contributed by atoms with van der Waals surface area (Å²) in [4.78, 5) is 45.5. The monoisotopic (exact) mass is 599 g/mol. The van der Waals surface area contributed by atoms with Gasteiger partial charge in [0.2, 0.25) is 17.7 Å². The predicted molar refractivity (Wildman–Crippen MR) is 168 cm³/mol. The predicted octanol–water partition coefficient (Wildman–Crippen LogP) is 3.89. The molecule has 43 heavy (non-hydrogen) atoms. The lowest BCUT2D eigenvalue weighted by Gasteiger charge is -2.48. The van der Waals surface area contributed by atoms with E-state index in [9.17, 15) is 18.8 Å². The fourth-order valence-electron chi connectivity index (χ4n) is 7.26. The molecule has 4 rings (SSSR count). The van der Waals surface area contributed by atoms with Crippen molar-refractivity contribution >= 4 is 17.7 Å². The van der Waals surface area contributed by atoms with E-state index in [-0.39, 0.29) is 41.5 Å². The van der Waals surface area contributed by atoms with Crippen molar-refractivity contribution in [2.75, 3.05) is 33.2 Å². The summed E-state index contributed by atoms with van der Waals surface area (Å²) in [6.45, 7) is 12.7. The molecule has 1 aromatic carbocycles. The number of hydrogen-bond donors (Lipinski definition) is 3. The first-order valence-corrected chi connectivity index (χ1v) is 16.4. The van der Waals surface area contributed by atoms with Gasteiger partial charge in [0.25, 0.3) is 0 Å². The number of piperidine rings is 1. The number of rotatable bonds is 8. The highest BCUT2D eigenvalue weighted by atomic mass is 19.1. The highest BCUT2D eigenvalue weighted by Gasteiger charge is 2.49. The molecular formula is C34H54FN5O3. The van der Waals surface area contributed by atoms with E-state index in [1.807, 2.05) is 32.7 Å². The molecule has 0 spiro atoms. The van der Waals surface area contributed by atoms with Crippen molar-refractivity contribution in [1.82, 2.24) is 25.8 Å². The third kappa shape index (κ3) is 8.56. The second kappa shape index (κ2) is 14.1. The fourth-order valence-corrected chi connectivity index (χ4v) is 7.26. The van der Waals surface area contributed by atoms with Gasteiger partial charge < -0.3 is 25.8 Å². The molecule has 1 saturated carbocycles. The molecule has 0 aromatic heterocycles. The zero-order chi connectivity index (χ0) is 31.4. The summed E-state index contributed by atoms with van der Waals surface area (Å²) in [6.07, 6.45) is 7.12. The van der Waals surface area contributed by atoms with E-state index in [1.54, 1.807) is 12.1 Å². The number of amides is 3. The van der Waals surface area contributed by atoms with Crippen molar-refractivity contribution in [2.45, 2.75) is 110 Å². The number of likely N-dealkylation sites (tertiary alicyclic amines) is 1. The first-order chi connectivity index (χ1) is 20.3. The molecule has 8 nitrogen and oxygen atoms in total. The highest BCUT2D eigenvalue weighted by molar-refractivity contribution is 5.90. The van der Waals surface area contributed by atoms with E-state index in [0.29, 0.717) is 44.3 Å². The van der Waals surface area contributed by atoms with Crippen LogP contribution in [0.1, 0.15) is 85.1 Å². The Balaban J connectivity index is 1.51. The SMILES string of the molecule is CC(C)C1CN(C)CC(C(=O)N[C@H](Cc2ccc(F)cc2)C(=O)N2CCC(C(=O)NC(C)(C)C)(C3CCCCC3)CC2)N1. The summed E-state index contributed by atoms with van der Waals surface area (Å²) in [6, 6.07) is 5.07. The van der Waals surface area contributed by atoms with Crippen molar-refractivity contribution < 1.29 is 18.8 Å². The van der Waals surface area contributed by atoms with Crippen LogP contribution in [0.2, 0.25) is 0 Å². The molecule has 3 amide bonds. The number of carbonyl (C=O) groups excluding carboxylic acids is 3. The number of hydrogen-bond acceptors (Lipinski definition) is 5. The van der Waals surface area contributed by atoms with Crippen LogP contribution >= 0.6 is 0 Å². The van der Waals surface area contributed by atoms with Crippen LogP contribution < -0.4 is 16.0 Å². The molecule has 240 valence electrons. The van der Waals surface area contributed by atoms with Crippen LogP contribution in [0.15, 0.2) is 24.3 Å². The summed E-state index contributed by atoms with van der Waals surface area (Å²) in [5.74, 6) is 0.115. The molecule has 2 unspecified atom stereocenters. The quantitative estimate of drug-likeness (QED) is 0.422. The van der Waals surface area contributed by atoms with Crippen LogP contribution in [-0.4, -0.2) is 84.4 Å². The maximum absolute atomic E-state index is 14.1. The van der Waals surface area contributed by atoms with Gasteiger partial charge in [0.15, 0.2) is 0 Å². The number of nitrogens with one attached hydrogen (secondary N) is 3. The maximum atomic E-state index is 14.1. The first kappa shape index (κ1) is 33.4. The standard InChI is InChI=1S/C34H54FN5O3/c1-23(2)28-21-39(6)22-29(36-28)30(41)37-27(20-24-12-14-26(35)15-13-24)31(42)40-18-16-34(17-19-40,25-10-8-7-9-11-25)32(43)38-33(3,4)5/h12-15,23,25,27-29,36H,7-11,16-22H2,1-6H3,(H,37,41)(H,38,43)/t27-,28?,29?/m1/s1. The summed E-state index contributed by atoms with van der Waals surface area (Å²) in [7, 11) is 2.01. The van der Waals surface area contributed by atoms with E-state index >= 15 is 0 Å². The average molecular weight is 600 g/mol. The van der Waals surface area contributed by atoms with Crippen LogP contribution in [0.25, 0.3) is 0 Å². The van der Waals surface area contributed by atoms with E-state index in [0.717, 1.165) is 37.8 Å². The number of nitrogens with zero attached hydrogens (tertiary/aromatic N) is 2. The first-order valence-electron chi connectivity index (χ1n) is 16.4. The number of carbonyl (C=O) groups is 3. The van der Waals surface area contributed by atoms with Crippen molar-refractivity contribution in [3.63, 3.8) is 0 Å². The van der Waals surface area contributed by atoms with Gasteiger partial charge in [0, 0.05) is 44.2 Å². The van der Waals surface area contributed by atoms with Crippen LogP contribution in [-0.2, 0) is 20.8 Å². The molecule has 9 heteroatoms. The van der Waals surface area contributed by atoms with Crippen LogP contribution in [0.5, 0.6) is 0 Å². The molecular weight excluding hydrogens is 545 g/mol. The summed E-state index contributed by atoms with van der Waals surface area (Å²) in [5, 5.41) is 9.82. The minimum Gasteiger partial charge on any atom is -0.351 e. The van der Waals surface area contributed by atoms with Gasteiger partial charge in [-0.1, -0.05) is 45.2 Å². The molecule has 2 aliphatic heterocycles. The number of piperazine rings is 1. The minimum absolute atomic E-state index is 0.113. The normalized spacial score (nSPS) is 24.4. The zero-order valence-electron chi connectivity index (χ0n) is 27.2. The highest BCUT2D eigenvalue weighted by Crippen LogP contribution is 2.46. The number of benzene rings is 1. The van der Waals surface area contributed by atoms with E-state index in [1.165, 1.54) is 18.6 Å². The van der Waals surface area contributed by atoms with Crippen LogP contribution in [0, 0.1) is 23.1 Å². The topological polar surface area (TPSA) is 93.8 Å². The van der Waals surface area contributed by atoms with E-state index in [2.05, 4.69) is 34.7 Å². The Morgan fingerprint density at radius 2 is 1.65 bits per heavy atom. The van der Waals surface area contributed by atoms with Crippen molar-refractivity contribution in [3.05, 3.63) is 35.6 Å². The number of likely N-dealkylation sites (N-methyl/N-ethyl adjacent to an activating group) is 1. The Bertz CT molecular complexity index is 1100. The smallest absolute Gasteiger partial charge is 0.245 e. The Hall–Kier alpha value is -2.52. The van der Waals surface area contributed by atoms with Crippen molar-refractivity contribution in [1.29, 1.82) is 0 Å². The average Bonchev–Trinajstić information content (AvgIpc) is 2.96. The Kier molecular flexibility index (Phi) is 10.9. The lowest BCUT2D eigenvalue weighted by Crippen LogP contribution is -2.64. The Morgan fingerprint density at radius 1 is 1.02 bits per heavy atom. The van der Waals surface area contributed by atoms with E-state index in [4.69, 9.17) is 0 Å². The van der Waals surface area contributed by atoms with Gasteiger partial charge in [-0.2, -0.15) is 0 Å². The second-order valence-electron chi connectivity index (χ2n) is 14.7. The zero-order valence-corrected chi connectivity index (χ0v) is 27.2. The second-order valence-corrected chi connectivity index (χ2v) is 14.7. The molecule has 3 aliphatic rings. The molecule has 2 saturated heterocycles. The summed E-state index contributed by atoms with van der Waals surface area (Å²) >= 11 is 0. The van der Waals surface area contributed by atoms with E-state index < -0.39 is 17.5 Å². The largest absolute Gasteiger partial charge is 0.351 e. The molecule has 0 bridgehead atoms. The van der Waals surface area contributed by atoms with Gasteiger partial charge in [-0.3, -0.25) is 14.4 Å². The Morgan fingerprint density at radius 3 is 2.23 bits per heavy atom. The molecule has 2 heterocycles. The van der Waals surface area contributed by atoms with Gasteiger partial charge in [-0.05, 0) is 83.0 Å². The van der Waals surface area contributed by atoms with Crippen LogP contribution in [0.4, 0.5) is 4.39 Å². The molecule has 1 aromatic rings. The lowest BCUT2D eigenvalue weighted by molar-refractivity contribution is -0.147. The molecule has 0 radical (unpaired) electrons. The van der Waals surface area contributed by atoms with Gasteiger partial charge in [0.05, 0.1) is 11.5 Å². The van der Waals surface area contributed by atoms with Crippen molar-refractivity contribution in [2.24, 2.45) is 17.3 Å². The third-order valence-corrected chi connectivity index (χ3v) is 9.80. The summed E-state index contributed by atoms with van der Waals surface area (Å²) in [5.41, 5.74) is -0.0266. The van der Waals surface area contributed by atoms with Crippen molar-refractivity contribution in [3.8, 4) is 0 Å². The molecule has 3 atom stereocenters. The Labute approximate surface area is 257 Å². The molecule has 3 fully saturated rings. The van der Waals surface area contributed by atoms with Gasteiger partial charge >= 0.3 is 0 Å². The minimum atomic E-state index is -0.782. The third-order valence-electron chi connectivity index (χ3n) is 9.80. The molecule has 1 aliphatic carbocycles. The number of halogens is 1. The fraction of sp³-hybridized carbons (Fsp3) is 0.735.